The lowest BCUT2D eigenvalue weighted by molar-refractivity contribution is 0.310. The predicted molar refractivity (Wildman–Crippen MR) is 99.7 cm³/mol. The predicted octanol–water partition coefficient (Wildman–Crippen LogP) is 3.28. The van der Waals surface area contributed by atoms with E-state index >= 15 is 0 Å². The molecule has 130 valence electrons. The molecule has 4 rings (SSSR count). The average molecular weight is 338 g/mol. The van der Waals surface area contributed by atoms with Gasteiger partial charge in [0.1, 0.15) is 5.82 Å². The molecule has 3 aromatic rings. The summed E-state index contributed by atoms with van der Waals surface area (Å²) < 4.78 is 15.5. The standard InChI is InChI=1S/C20H23FN4/c1-15-4-3-5-18-19(15)22-20(24-12-10-23(2)11-13-24)25(18)14-16-6-8-17(21)9-7-16/h3-9H,10-14H2,1-2H3. The van der Waals surface area contributed by atoms with Gasteiger partial charge in [-0.05, 0) is 43.3 Å². The molecule has 0 N–H and O–H groups in total. The summed E-state index contributed by atoms with van der Waals surface area (Å²) in [6, 6.07) is 13.1. The number of piperazine rings is 1. The van der Waals surface area contributed by atoms with Gasteiger partial charge in [0.25, 0.3) is 0 Å². The quantitative estimate of drug-likeness (QED) is 0.732. The first-order valence-corrected chi connectivity index (χ1v) is 8.75. The highest BCUT2D eigenvalue weighted by Crippen LogP contribution is 2.27. The lowest BCUT2D eigenvalue weighted by Crippen LogP contribution is -2.45. The summed E-state index contributed by atoms with van der Waals surface area (Å²) in [4.78, 5) is 9.68. The van der Waals surface area contributed by atoms with Crippen LogP contribution >= 0.6 is 0 Å². The van der Waals surface area contributed by atoms with Gasteiger partial charge in [-0.3, -0.25) is 0 Å². The summed E-state index contributed by atoms with van der Waals surface area (Å²) in [7, 11) is 2.16. The summed E-state index contributed by atoms with van der Waals surface area (Å²) in [6.07, 6.45) is 0. The summed E-state index contributed by atoms with van der Waals surface area (Å²) in [5.74, 6) is 0.816. The molecule has 1 fully saturated rings. The number of aromatic nitrogens is 2. The molecule has 2 aromatic carbocycles. The van der Waals surface area contributed by atoms with Crippen LogP contribution < -0.4 is 4.90 Å². The van der Waals surface area contributed by atoms with E-state index < -0.39 is 0 Å². The Labute approximate surface area is 147 Å². The van der Waals surface area contributed by atoms with Gasteiger partial charge in [-0.2, -0.15) is 0 Å². The van der Waals surface area contributed by atoms with Crippen molar-refractivity contribution in [3.63, 3.8) is 0 Å². The van der Waals surface area contributed by atoms with Gasteiger partial charge in [0.2, 0.25) is 5.95 Å². The van der Waals surface area contributed by atoms with Gasteiger partial charge < -0.3 is 14.4 Å². The number of para-hydroxylation sites is 1. The molecular formula is C20H23FN4. The van der Waals surface area contributed by atoms with Crippen molar-refractivity contribution in [1.82, 2.24) is 14.5 Å². The minimum atomic E-state index is -0.200. The largest absolute Gasteiger partial charge is 0.340 e. The Kier molecular flexibility index (Phi) is 4.17. The summed E-state index contributed by atoms with van der Waals surface area (Å²) in [5, 5.41) is 0. The molecule has 1 aromatic heterocycles. The Hall–Kier alpha value is -2.40. The van der Waals surface area contributed by atoms with Crippen LogP contribution in [0.15, 0.2) is 42.5 Å². The molecule has 25 heavy (non-hydrogen) atoms. The number of nitrogens with zero attached hydrogens (tertiary/aromatic N) is 4. The van der Waals surface area contributed by atoms with E-state index in [0.29, 0.717) is 6.54 Å². The summed E-state index contributed by atoms with van der Waals surface area (Å²) in [5.41, 5.74) is 4.46. The van der Waals surface area contributed by atoms with Gasteiger partial charge in [0.05, 0.1) is 17.6 Å². The van der Waals surface area contributed by atoms with Gasteiger partial charge in [-0.1, -0.05) is 24.3 Å². The number of aryl methyl sites for hydroxylation is 1. The molecule has 0 bridgehead atoms. The molecule has 5 heteroatoms. The van der Waals surface area contributed by atoms with Crippen LogP contribution in [0.2, 0.25) is 0 Å². The number of imidazole rings is 1. The van der Waals surface area contributed by atoms with Crippen LogP contribution in [-0.4, -0.2) is 47.7 Å². The Morgan fingerprint density at radius 3 is 2.44 bits per heavy atom. The Balaban J connectivity index is 1.78. The Bertz CT molecular complexity index is 877. The minimum absolute atomic E-state index is 0.200. The van der Waals surface area contributed by atoms with Crippen LogP contribution in [0, 0.1) is 12.7 Å². The van der Waals surface area contributed by atoms with Crippen LogP contribution in [0.3, 0.4) is 0 Å². The highest BCUT2D eigenvalue weighted by atomic mass is 19.1. The molecule has 4 nitrogen and oxygen atoms in total. The van der Waals surface area contributed by atoms with Crippen molar-refractivity contribution in [2.24, 2.45) is 0 Å². The fraction of sp³-hybridized carbons (Fsp3) is 0.350. The van der Waals surface area contributed by atoms with E-state index in [1.54, 1.807) is 0 Å². The van der Waals surface area contributed by atoms with Crippen molar-refractivity contribution in [2.75, 3.05) is 38.1 Å². The van der Waals surface area contributed by atoms with Crippen molar-refractivity contribution in [3.05, 3.63) is 59.4 Å². The first-order valence-electron chi connectivity index (χ1n) is 8.75. The topological polar surface area (TPSA) is 24.3 Å². The third-order valence-electron chi connectivity index (χ3n) is 5.00. The van der Waals surface area contributed by atoms with E-state index in [1.165, 1.54) is 17.7 Å². The second kappa shape index (κ2) is 6.48. The SMILES string of the molecule is Cc1cccc2c1nc(N1CCN(C)CC1)n2Cc1ccc(F)cc1. The molecule has 1 aliphatic rings. The van der Waals surface area contributed by atoms with Gasteiger partial charge in [0, 0.05) is 26.2 Å². The maximum atomic E-state index is 13.2. The van der Waals surface area contributed by atoms with E-state index in [2.05, 4.69) is 46.5 Å². The van der Waals surface area contributed by atoms with Crippen molar-refractivity contribution in [1.29, 1.82) is 0 Å². The van der Waals surface area contributed by atoms with Crippen LogP contribution in [0.1, 0.15) is 11.1 Å². The smallest absolute Gasteiger partial charge is 0.206 e. The molecule has 1 saturated heterocycles. The normalized spacial score (nSPS) is 15.9. The number of rotatable bonds is 3. The number of hydrogen-bond acceptors (Lipinski definition) is 3. The van der Waals surface area contributed by atoms with E-state index in [0.717, 1.165) is 48.7 Å². The van der Waals surface area contributed by atoms with Gasteiger partial charge in [0.15, 0.2) is 0 Å². The van der Waals surface area contributed by atoms with Crippen molar-refractivity contribution in [3.8, 4) is 0 Å². The molecule has 0 saturated carbocycles. The maximum Gasteiger partial charge on any atom is 0.206 e. The minimum Gasteiger partial charge on any atom is -0.340 e. The molecular weight excluding hydrogens is 315 g/mol. The number of benzene rings is 2. The molecule has 2 heterocycles. The van der Waals surface area contributed by atoms with Crippen LogP contribution in [0.25, 0.3) is 11.0 Å². The molecule has 0 aliphatic carbocycles. The zero-order chi connectivity index (χ0) is 17.4. The summed E-state index contributed by atoms with van der Waals surface area (Å²) in [6.45, 7) is 6.83. The molecule has 0 atom stereocenters. The van der Waals surface area contributed by atoms with Crippen LogP contribution in [-0.2, 0) is 6.54 Å². The molecule has 0 radical (unpaired) electrons. The highest BCUT2D eigenvalue weighted by Gasteiger charge is 2.21. The Morgan fingerprint density at radius 2 is 1.72 bits per heavy atom. The number of hydrogen-bond donors (Lipinski definition) is 0. The zero-order valence-corrected chi connectivity index (χ0v) is 14.7. The lowest BCUT2D eigenvalue weighted by atomic mass is 10.2. The van der Waals surface area contributed by atoms with Crippen LogP contribution in [0.4, 0.5) is 10.3 Å². The van der Waals surface area contributed by atoms with E-state index in [9.17, 15) is 4.39 Å². The number of fused-ring (bicyclic) bond motifs is 1. The molecule has 0 unspecified atom stereocenters. The molecule has 0 amide bonds. The first-order chi connectivity index (χ1) is 12.1. The fourth-order valence-electron chi connectivity index (χ4n) is 3.45. The van der Waals surface area contributed by atoms with E-state index in [-0.39, 0.29) is 5.82 Å². The lowest BCUT2D eigenvalue weighted by Gasteiger charge is -2.33. The molecule has 0 spiro atoms. The second-order valence-electron chi connectivity index (χ2n) is 6.86. The van der Waals surface area contributed by atoms with Crippen molar-refractivity contribution >= 4 is 17.0 Å². The number of anilines is 1. The zero-order valence-electron chi connectivity index (χ0n) is 14.7. The maximum absolute atomic E-state index is 13.2. The third-order valence-corrected chi connectivity index (χ3v) is 5.00. The monoisotopic (exact) mass is 338 g/mol. The van der Waals surface area contributed by atoms with Gasteiger partial charge in [-0.25, -0.2) is 9.37 Å². The number of halogens is 1. The van der Waals surface area contributed by atoms with Crippen LogP contribution in [0.5, 0.6) is 0 Å². The van der Waals surface area contributed by atoms with Gasteiger partial charge in [-0.15, -0.1) is 0 Å². The summed E-state index contributed by atoms with van der Waals surface area (Å²) >= 11 is 0. The number of likely N-dealkylation sites (N-methyl/N-ethyl adjacent to an activating group) is 1. The third kappa shape index (κ3) is 3.12. The average Bonchev–Trinajstić information content (AvgIpc) is 2.98. The van der Waals surface area contributed by atoms with Gasteiger partial charge >= 0.3 is 0 Å². The Morgan fingerprint density at radius 1 is 1.00 bits per heavy atom. The van der Waals surface area contributed by atoms with E-state index in [4.69, 9.17) is 4.98 Å². The van der Waals surface area contributed by atoms with Crippen molar-refractivity contribution < 1.29 is 4.39 Å². The fourth-order valence-corrected chi connectivity index (χ4v) is 3.45. The first kappa shape index (κ1) is 16.1. The van der Waals surface area contributed by atoms with E-state index in [1.807, 2.05) is 12.1 Å². The molecule has 1 aliphatic heterocycles. The van der Waals surface area contributed by atoms with Crippen molar-refractivity contribution in [2.45, 2.75) is 13.5 Å². The second-order valence-corrected chi connectivity index (χ2v) is 6.86. The highest BCUT2D eigenvalue weighted by molar-refractivity contribution is 5.82.